The summed E-state index contributed by atoms with van der Waals surface area (Å²) < 4.78 is 5.05. The normalized spacial score (nSPS) is 12.4. The van der Waals surface area contributed by atoms with E-state index in [0.29, 0.717) is 6.54 Å². The molecule has 0 radical (unpaired) electrons. The van der Waals surface area contributed by atoms with Crippen molar-refractivity contribution in [2.45, 2.75) is 13.0 Å². The van der Waals surface area contributed by atoms with Gasteiger partial charge in [0, 0.05) is 19.7 Å². The van der Waals surface area contributed by atoms with E-state index in [9.17, 15) is 9.90 Å². The number of amides is 1. The van der Waals surface area contributed by atoms with E-state index in [1.807, 2.05) is 24.3 Å². The van der Waals surface area contributed by atoms with Gasteiger partial charge in [-0.25, -0.2) is 0 Å². The van der Waals surface area contributed by atoms with Gasteiger partial charge in [-0.2, -0.15) is 0 Å². The lowest BCUT2D eigenvalue weighted by molar-refractivity contribution is -0.125. The van der Waals surface area contributed by atoms with Gasteiger partial charge in [0.05, 0.1) is 13.2 Å². The van der Waals surface area contributed by atoms with E-state index in [1.165, 1.54) is 11.0 Å². The third-order valence-electron chi connectivity index (χ3n) is 2.45. The van der Waals surface area contributed by atoms with Crippen LogP contribution < -0.4 is 4.74 Å². The Kier molecular flexibility index (Phi) is 5.39. The second kappa shape index (κ2) is 6.81. The number of methoxy groups -OCH3 is 1. The summed E-state index contributed by atoms with van der Waals surface area (Å²) in [6.45, 7) is 1.97. The molecular formula is C14H19NO3. The van der Waals surface area contributed by atoms with Crippen molar-refractivity contribution >= 4 is 12.0 Å². The summed E-state index contributed by atoms with van der Waals surface area (Å²) in [5.41, 5.74) is 0.926. The number of ether oxygens (including phenoxy) is 1. The Morgan fingerprint density at radius 3 is 2.56 bits per heavy atom. The van der Waals surface area contributed by atoms with Crippen LogP contribution >= 0.6 is 0 Å². The van der Waals surface area contributed by atoms with Crippen molar-refractivity contribution in [3.05, 3.63) is 35.9 Å². The summed E-state index contributed by atoms with van der Waals surface area (Å²) in [5, 5.41) is 9.18. The zero-order chi connectivity index (χ0) is 13.5. The molecule has 0 aliphatic heterocycles. The molecule has 1 rings (SSSR count). The van der Waals surface area contributed by atoms with Crippen LogP contribution in [0.5, 0.6) is 5.75 Å². The predicted molar refractivity (Wildman–Crippen MR) is 71.3 cm³/mol. The van der Waals surface area contributed by atoms with E-state index < -0.39 is 6.10 Å². The Bertz CT molecular complexity index is 410. The van der Waals surface area contributed by atoms with Gasteiger partial charge in [-0.1, -0.05) is 12.1 Å². The summed E-state index contributed by atoms with van der Waals surface area (Å²) in [6, 6.07) is 7.42. The number of aliphatic hydroxyl groups excluding tert-OH is 1. The molecule has 0 spiro atoms. The summed E-state index contributed by atoms with van der Waals surface area (Å²) in [5.74, 6) is 0.649. The fourth-order valence-corrected chi connectivity index (χ4v) is 1.50. The lowest BCUT2D eigenvalue weighted by Gasteiger charge is -2.16. The van der Waals surface area contributed by atoms with Crippen molar-refractivity contribution in [1.29, 1.82) is 0 Å². The van der Waals surface area contributed by atoms with Gasteiger partial charge in [0.2, 0.25) is 5.91 Å². The lowest BCUT2D eigenvalue weighted by atomic mass is 10.2. The first-order chi connectivity index (χ1) is 8.52. The van der Waals surface area contributed by atoms with Crippen LogP contribution in [0.4, 0.5) is 0 Å². The lowest BCUT2D eigenvalue weighted by Crippen LogP contribution is -2.31. The van der Waals surface area contributed by atoms with E-state index in [2.05, 4.69) is 0 Å². The standard InChI is InChI=1S/C14H19NO3/c1-11(16)10-15(2)14(17)9-6-12-4-7-13(18-3)8-5-12/h4-9,11,16H,10H2,1-3H3. The first-order valence-corrected chi connectivity index (χ1v) is 5.78. The van der Waals surface area contributed by atoms with Gasteiger partial charge in [0.1, 0.15) is 5.75 Å². The topological polar surface area (TPSA) is 49.8 Å². The minimum absolute atomic E-state index is 0.133. The number of benzene rings is 1. The molecule has 1 unspecified atom stereocenters. The monoisotopic (exact) mass is 249 g/mol. The van der Waals surface area contributed by atoms with Crippen molar-refractivity contribution in [3.8, 4) is 5.75 Å². The van der Waals surface area contributed by atoms with E-state index in [-0.39, 0.29) is 5.91 Å². The van der Waals surface area contributed by atoms with E-state index in [0.717, 1.165) is 11.3 Å². The molecule has 0 bridgehead atoms. The van der Waals surface area contributed by atoms with Crippen molar-refractivity contribution in [1.82, 2.24) is 4.90 Å². The average Bonchev–Trinajstić information content (AvgIpc) is 2.35. The van der Waals surface area contributed by atoms with Crippen LogP contribution in [0.1, 0.15) is 12.5 Å². The molecule has 0 fully saturated rings. The number of hydrogen-bond acceptors (Lipinski definition) is 3. The van der Waals surface area contributed by atoms with Gasteiger partial charge in [-0.05, 0) is 30.7 Å². The van der Waals surface area contributed by atoms with Crippen LogP contribution in [0.15, 0.2) is 30.3 Å². The van der Waals surface area contributed by atoms with E-state index in [4.69, 9.17) is 4.74 Å². The SMILES string of the molecule is COc1ccc(C=CC(=O)N(C)CC(C)O)cc1. The molecule has 0 saturated carbocycles. The predicted octanol–water partition coefficient (Wildman–Crippen LogP) is 1.55. The molecular weight excluding hydrogens is 230 g/mol. The van der Waals surface area contributed by atoms with Crippen molar-refractivity contribution in [3.63, 3.8) is 0 Å². The first-order valence-electron chi connectivity index (χ1n) is 5.78. The van der Waals surface area contributed by atoms with Crippen molar-refractivity contribution < 1.29 is 14.6 Å². The zero-order valence-corrected chi connectivity index (χ0v) is 11.0. The van der Waals surface area contributed by atoms with Gasteiger partial charge in [-0.3, -0.25) is 4.79 Å². The number of carbonyl (C=O) groups excluding carboxylic acids is 1. The number of hydrogen-bond donors (Lipinski definition) is 1. The molecule has 1 aromatic carbocycles. The van der Waals surface area contributed by atoms with Crippen molar-refractivity contribution in [2.24, 2.45) is 0 Å². The number of nitrogens with zero attached hydrogens (tertiary/aromatic N) is 1. The Morgan fingerprint density at radius 1 is 1.44 bits per heavy atom. The quantitative estimate of drug-likeness (QED) is 0.805. The van der Waals surface area contributed by atoms with Gasteiger partial charge in [0.15, 0.2) is 0 Å². The number of likely N-dealkylation sites (N-methyl/N-ethyl adjacent to an activating group) is 1. The highest BCUT2D eigenvalue weighted by Crippen LogP contribution is 2.12. The van der Waals surface area contributed by atoms with Crippen LogP contribution in [-0.4, -0.2) is 42.7 Å². The van der Waals surface area contributed by atoms with Crippen LogP contribution in [0.2, 0.25) is 0 Å². The average molecular weight is 249 g/mol. The van der Waals surface area contributed by atoms with Gasteiger partial charge in [0.25, 0.3) is 0 Å². The molecule has 0 saturated heterocycles. The Labute approximate surface area is 107 Å². The molecule has 18 heavy (non-hydrogen) atoms. The maximum Gasteiger partial charge on any atom is 0.246 e. The molecule has 1 aromatic rings. The van der Waals surface area contributed by atoms with Crippen molar-refractivity contribution in [2.75, 3.05) is 20.7 Å². The van der Waals surface area contributed by atoms with Crippen LogP contribution in [-0.2, 0) is 4.79 Å². The van der Waals surface area contributed by atoms with Gasteiger partial charge >= 0.3 is 0 Å². The summed E-state index contributed by atoms with van der Waals surface area (Å²) in [7, 11) is 3.27. The third kappa shape index (κ3) is 4.59. The molecule has 0 aromatic heterocycles. The molecule has 1 N–H and O–H groups in total. The maximum atomic E-state index is 11.7. The van der Waals surface area contributed by atoms with Gasteiger partial charge < -0.3 is 14.7 Å². The summed E-state index contributed by atoms with van der Waals surface area (Å²) in [6.07, 6.45) is 2.71. The molecule has 0 aliphatic rings. The smallest absolute Gasteiger partial charge is 0.246 e. The molecule has 1 atom stereocenters. The second-order valence-corrected chi connectivity index (χ2v) is 4.17. The number of carbonyl (C=O) groups is 1. The molecule has 0 heterocycles. The highest BCUT2D eigenvalue weighted by molar-refractivity contribution is 5.91. The Balaban J connectivity index is 2.59. The Morgan fingerprint density at radius 2 is 2.06 bits per heavy atom. The maximum absolute atomic E-state index is 11.7. The van der Waals surface area contributed by atoms with Gasteiger partial charge in [-0.15, -0.1) is 0 Å². The molecule has 4 heteroatoms. The summed E-state index contributed by atoms with van der Waals surface area (Å²) >= 11 is 0. The fourth-order valence-electron chi connectivity index (χ4n) is 1.50. The largest absolute Gasteiger partial charge is 0.497 e. The fraction of sp³-hybridized carbons (Fsp3) is 0.357. The molecule has 98 valence electrons. The number of rotatable bonds is 5. The minimum atomic E-state index is -0.520. The minimum Gasteiger partial charge on any atom is -0.497 e. The molecule has 4 nitrogen and oxygen atoms in total. The summed E-state index contributed by atoms with van der Waals surface area (Å²) in [4.78, 5) is 13.2. The van der Waals surface area contributed by atoms with Crippen LogP contribution in [0, 0.1) is 0 Å². The number of aliphatic hydroxyl groups is 1. The van der Waals surface area contributed by atoms with E-state index in [1.54, 1.807) is 27.2 Å². The second-order valence-electron chi connectivity index (χ2n) is 4.17. The van der Waals surface area contributed by atoms with E-state index >= 15 is 0 Å². The zero-order valence-electron chi connectivity index (χ0n) is 11.0. The highest BCUT2D eigenvalue weighted by Gasteiger charge is 2.07. The highest BCUT2D eigenvalue weighted by atomic mass is 16.5. The third-order valence-corrected chi connectivity index (χ3v) is 2.45. The Hall–Kier alpha value is -1.81. The molecule has 0 aliphatic carbocycles. The molecule has 1 amide bonds. The van der Waals surface area contributed by atoms with Crippen LogP contribution in [0.3, 0.4) is 0 Å². The van der Waals surface area contributed by atoms with Crippen LogP contribution in [0.25, 0.3) is 6.08 Å². The first kappa shape index (κ1) is 14.3.